The molecule has 0 saturated carbocycles. The van der Waals surface area contributed by atoms with Crippen LogP contribution >= 0.6 is 0 Å². The standard InChI is InChI=1S/C33H38O16/c1-4-15-30(48-33-28(40)26(38)31(20(9-34)47-33)49-32-27(39)25(37)14(35)10-44-32)23-16(45-15)6-5-12-24(36)22-13-7-18(41-2)19(42-3)8-17(13)43-11-21(22)46-29(12)23/h4-8,14-15,20-22,25-28,30-35,37-40H,1,9-11H2,2-3H3. The van der Waals surface area contributed by atoms with Crippen LogP contribution in [0.15, 0.2) is 36.9 Å². The zero-order valence-electron chi connectivity index (χ0n) is 26.5. The number of ketones is 1. The summed E-state index contributed by atoms with van der Waals surface area (Å²) in [5.74, 6) is 0.919. The Morgan fingerprint density at radius 1 is 0.898 bits per heavy atom. The highest BCUT2D eigenvalue weighted by molar-refractivity contribution is 6.06. The Hall–Kier alpha value is -3.55. The topological polar surface area (TPSA) is 222 Å². The molecule has 2 fully saturated rings. The maximum atomic E-state index is 14.1. The Morgan fingerprint density at radius 2 is 1.63 bits per heavy atom. The Kier molecular flexibility index (Phi) is 9.20. The molecule has 2 saturated heterocycles. The first-order valence-corrected chi connectivity index (χ1v) is 15.7. The van der Waals surface area contributed by atoms with E-state index in [4.69, 9.17) is 42.6 Å². The second-order valence-electron chi connectivity index (χ2n) is 12.3. The van der Waals surface area contributed by atoms with E-state index in [0.717, 1.165) is 0 Å². The summed E-state index contributed by atoms with van der Waals surface area (Å²) < 4.78 is 52.4. The average Bonchev–Trinajstić information content (AvgIpc) is 3.48. The molecule has 5 heterocycles. The third-order valence-electron chi connectivity index (χ3n) is 9.52. The fourth-order valence-corrected chi connectivity index (χ4v) is 6.94. The van der Waals surface area contributed by atoms with Gasteiger partial charge < -0.3 is 73.3 Å². The Bertz CT molecular complexity index is 1580. The Balaban J connectivity index is 1.15. The molecule has 6 N–H and O–H groups in total. The maximum absolute atomic E-state index is 14.1. The van der Waals surface area contributed by atoms with Crippen LogP contribution in [0.2, 0.25) is 0 Å². The monoisotopic (exact) mass is 690 g/mol. The van der Waals surface area contributed by atoms with Crippen molar-refractivity contribution < 1.29 is 78.1 Å². The third-order valence-corrected chi connectivity index (χ3v) is 9.52. The minimum atomic E-state index is -1.76. The summed E-state index contributed by atoms with van der Waals surface area (Å²) in [5.41, 5.74) is 1.19. The molecule has 16 nitrogen and oxygen atoms in total. The lowest BCUT2D eigenvalue weighted by Gasteiger charge is -2.45. The third kappa shape index (κ3) is 5.61. The van der Waals surface area contributed by atoms with E-state index in [1.54, 1.807) is 24.3 Å². The number of hydrogen-bond donors (Lipinski definition) is 6. The van der Waals surface area contributed by atoms with Gasteiger partial charge in [-0.1, -0.05) is 6.58 Å². The van der Waals surface area contributed by atoms with Crippen molar-refractivity contribution in [2.45, 2.75) is 79.5 Å². The van der Waals surface area contributed by atoms with Crippen LogP contribution in [0.4, 0.5) is 0 Å². The van der Waals surface area contributed by atoms with E-state index in [1.807, 2.05) is 0 Å². The highest BCUT2D eigenvalue weighted by atomic mass is 16.7. The van der Waals surface area contributed by atoms with Gasteiger partial charge in [-0.05, 0) is 24.3 Å². The molecular formula is C33H38O16. The largest absolute Gasteiger partial charge is 0.493 e. The van der Waals surface area contributed by atoms with Crippen molar-refractivity contribution in [2.24, 2.45) is 0 Å². The lowest BCUT2D eigenvalue weighted by molar-refractivity contribution is -0.354. The van der Waals surface area contributed by atoms with Crippen LogP contribution in [0.5, 0.6) is 28.7 Å². The quantitative estimate of drug-likeness (QED) is 0.185. The number of benzene rings is 2. The second kappa shape index (κ2) is 13.3. The van der Waals surface area contributed by atoms with Gasteiger partial charge in [0.1, 0.15) is 84.9 Å². The predicted molar refractivity (Wildman–Crippen MR) is 162 cm³/mol. The number of fused-ring (bicyclic) bond motifs is 6. The molecule has 5 aliphatic heterocycles. The Morgan fingerprint density at radius 3 is 2.35 bits per heavy atom. The summed E-state index contributed by atoms with van der Waals surface area (Å²) in [6.07, 6.45) is -15.1. The summed E-state index contributed by atoms with van der Waals surface area (Å²) in [7, 11) is 3.00. The lowest BCUT2D eigenvalue weighted by Crippen LogP contribution is -2.63. The predicted octanol–water partition coefficient (Wildman–Crippen LogP) is -0.908. The van der Waals surface area contributed by atoms with Gasteiger partial charge in [0.2, 0.25) is 0 Å². The normalized spacial score (nSPS) is 37.7. The summed E-state index contributed by atoms with van der Waals surface area (Å²) >= 11 is 0. The van der Waals surface area contributed by atoms with Crippen molar-refractivity contribution in [3.63, 3.8) is 0 Å². The van der Waals surface area contributed by atoms with Gasteiger partial charge in [0.25, 0.3) is 0 Å². The molecule has 16 heteroatoms. The Labute approximate surface area is 279 Å². The summed E-state index contributed by atoms with van der Waals surface area (Å²) in [4.78, 5) is 14.1. The van der Waals surface area contributed by atoms with Gasteiger partial charge in [0.15, 0.2) is 29.9 Å². The number of ether oxygens (including phenoxy) is 9. The molecular weight excluding hydrogens is 652 g/mol. The molecule has 2 aromatic rings. The maximum Gasteiger partial charge on any atom is 0.187 e. The van der Waals surface area contributed by atoms with E-state index in [2.05, 4.69) is 6.58 Å². The number of aliphatic hydroxyl groups excluding tert-OH is 6. The highest BCUT2D eigenvalue weighted by Crippen LogP contribution is 2.53. The molecule has 5 aliphatic rings. The van der Waals surface area contributed by atoms with Crippen LogP contribution in [0.3, 0.4) is 0 Å². The van der Waals surface area contributed by atoms with Gasteiger partial charge in [-0.15, -0.1) is 0 Å². The molecule has 0 amide bonds. The lowest BCUT2D eigenvalue weighted by atomic mass is 9.81. The number of rotatable bonds is 8. The van der Waals surface area contributed by atoms with Crippen LogP contribution in [0.1, 0.15) is 33.5 Å². The molecule has 2 aromatic carbocycles. The first kappa shape index (κ1) is 33.9. The SMILES string of the molecule is C=CC1Oc2ccc3c(c2C1OC1OC(CO)C(OC2OCC(O)C(O)C2O)C(O)C1O)OC1COc2cc(OC)c(OC)cc2C1C3=O. The number of methoxy groups -OCH3 is 2. The average molecular weight is 691 g/mol. The molecule has 0 radical (unpaired) electrons. The molecule has 0 aliphatic carbocycles. The molecule has 0 spiro atoms. The second-order valence-corrected chi connectivity index (χ2v) is 12.3. The van der Waals surface area contributed by atoms with Crippen molar-refractivity contribution in [1.82, 2.24) is 0 Å². The molecule has 0 bridgehead atoms. The van der Waals surface area contributed by atoms with Crippen molar-refractivity contribution in [3.05, 3.63) is 53.6 Å². The summed E-state index contributed by atoms with van der Waals surface area (Å²) in [6, 6.07) is 6.57. The van der Waals surface area contributed by atoms with Crippen molar-refractivity contribution in [3.8, 4) is 28.7 Å². The first-order valence-electron chi connectivity index (χ1n) is 15.7. The van der Waals surface area contributed by atoms with Crippen molar-refractivity contribution in [1.29, 1.82) is 0 Å². The molecule has 266 valence electrons. The molecule has 13 atom stereocenters. The van der Waals surface area contributed by atoms with Gasteiger partial charge in [-0.25, -0.2) is 0 Å². The van der Waals surface area contributed by atoms with E-state index < -0.39 is 86.1 Å². The van der Waals surface area contributed by atoms with Gasteiger partial charge in [-0.2, -0.15) is 0 Å². The number of Topliss-reactive ketones (excluding diaryl/α,β-unsaturated/α-hetero) is 1. The first-order chi connectivity index (χ1) is 23.6. The molecule has 7 rings (SSSR count). The molecule has 49 heavy (non-hydrogen) atoms. The van der Waals surface area contributed by atoms with E-state index in [-0.39, 0.29) is 30.3 Å². The summed E-state index contributed by atoms with van der Waals surface area (Å²) in [5, 5.41) is 62.5. The van der Waals surface area contributed by atoms with Gasteiger partial charge >= 0.3 is 0 Å². The molecule has 13 unspecified atom stereocenters. The zero-order chi connectivity index (χ0) is 34.7. The van der Waals surface area contributed by atoms with Gasteiger partial charge in [-0.3, -0.25) is 4.79 Å². The van der Waals surface area contributed by atoms with Gasteiger partial charge in [0.05, 0.1) is 44.5 Å². The molecule has 0 aromatic heterocycles. The van der Waals surface area contributed by atoms with Crippen molar-refractivity contribution >= 4 is 5.78 Å². The fraction of sp³-hybridized carbons (Fsp3) is 0.545. The number of hydrogen-bond acceptors (Lipinski definition) is 16. The number of carbonyl (C=O) groups excluding carboxylic acids is 1. The summed E-state index contributed by atoms with van der Waals surface area (Å²) in [6.45, 7) is 2.80. The van der Waals surface area contributed by atoms with Crippen LogP contribution in [0.25, 0.3) is 0 Å². The minimum absolute atomic E-state index is 0.0465. The number of aliphatic hydroxyl groups is 6. The van der Waals surface area contributed by atoms with Gasteiger partial charge in [0, 0.05) is 11.6 Å². The zero-order valence-corrected chi connectivity index (χ0v) is 26.5. The van der Waals surface area contributed by atoms with E-state index in [9.17, 15) is 35.4 Å². The van der Waals surface area contributed by atoms with Crippen LogP contribution < -0.4 is 23.7 Å². The van der Waals surface area contributed by atoms with E-state index >= 15 is 0 Å². The highest BCUT2D eigenvalue weighted by Gasteiger charge is 2.52. The number of carbonyl (C=O) groups is 1. The smallest absolute Gasteiger partial charge is 0.187 e. The van der Waals surface area contributed by atoms with Crippen LogP contribution in [-0.4, -0.2) is 138 Å². The van der Waals surface area contributed by atoms with Crippen molar-refractivity contribution in [2.75, 3.05) is 34.0 Å². The fourth-order valence-electron chi connectivity index (χ4n) is 6.94. The van der Waals surface area contributed by atoms with Crippen LogP contribution in [0, 0.1) is 0 Å². The minimum Gasteiger partial charge on any atom is -0.493 e. The van der Waals surface area contributed by atoms with Crippen LogP contribution in [-0.2, 0) is 18.9 Å². The van der Waals surface area contributed by atoms with E-state index in [1.165, 1.54) is 20.3 Å². The van der Waals surface area contributed by atoms with E-state index in [0.29, 0.717) is 34.1 Å².